The second-order valence-electron chi connectivity index (χ2n) is 8.21. The van der Waals surface area contributed by atoms with Gasteiger partial charge in [0.1, 0.15) is 6.61 Å². The van der Waals surface area contributed by atoms with Crippen LogP contribution in [0.25, 0.3) is 0 Å². The lowest BCUT2D eigenvalue weighted by Gasteiger charge is -2.15. The molecule has 0 saturated carbocycles. The van der Waals surface area contributed by atoms with Gasteiger partial charge in [-0.1, -0.05) is 90.4 Å². The van der Waals surface area contributed by atoms with Crippen molar-refractivity contribution in [3.63, 3.8) is 0 Å². The van der Waals surface area contributed by atoms with E-state index in [0.29, 0.717) is 0 Å². The second kappa shape index (κ2) is 16.0. The Balaban J connectivity index is 3.12. The summed E-state index contributed by atoms with van der Waals surface area (Å²) in [6, 6.07) is 0. The quantitative estimate of drug-likeness (QED) is 0.214. The SMILES string of the molecule is CCCCCCCCCCCCCCCC[CH]OC(=O)C(C)(C)C. The average molecular weight is 340 g/mol. The Bertz CT molecular complexity index is 278. The van der Waals surface area contributed by atoms with E-state index in [1.807, 2.05) is 20.8 Å². The third-order valence-electron chi connectivity index (χ3n) is 4.48. The third-order valence-corrected chi connectivity index (χ3v) is 4.48. The summed E-state index contributed by atoms with van der Waals surface area (Å²) in [6.45, 7) is 9.62. The van der Waals surface area contributed by atoms with Crippen molar-refractivity contribution in [3.8, 4) is 0 Å². The molecule has 0 saturated heterocycles. The van der Waals surface area contributed by atoms with Crippen molar-refractivity contribution >= 4 is 5.97 Å². The molecule has 0 aliphatic carbocycles. The maximum atomic E-state index is 11.6. The fourth-order valence-corrected chi connectivity index (χ4v) is 2.73. The molecule has 0 unspecified atom stereocenters. The van der Waals surface area contributed by atoms with Gasteiger partial charge in [0.15, 0.2) is 0 Å². The summed E-state index contributed by atoms with van der Waals surface area (Å²) >= 11 is 0. The molecule has 0 heterocycles. The highest BCUT2D eigenvalue weighted by atomic mass is 16.5. The molecular weight excluding hydrogens is 296 g/mol. The summed E-state index contributed by atoms with van der Waals surface area (Å²) in [7, 11) is 0. The van der Waals surface area contributed by atoms with Gasteiger partial charge in [0.05, 0.1) is 5.41 Å². The van der Waals surface area contributed by atoms with Gasteiger partial charge in [-0.05, 0) is 33.6 Å². The van der Waals surface area contributed by atoms with Crippen LogP contribution < -0.4 is 0 Å². The van der Waals surface area contributed by atoms with Crippen molar-refractivity contribution in [1.29, 1.82) is 0 Å². The van der Waals surface area contributed by atoms with Crippen molar-refractivity contribution < 1.29 is 9.53 Å². The predicted octanol–water partition coefficient (Wildman–Crippen LogP) is 7.61. The third kappa shape index (κ3) is 16.3. The van der Waals surface area contributed by atoms with Crippen LogP contribution in [0.1, 0.15) is 124 Å². The molecule has 1 radical (unpaired) electrons. The van der Waals surface area contributed by atoms with E-state index in [2.05, 4.69) is 6.92 Å². The number of ether oxygens (including phenoxy) is 1. The topological polar surface area (TPSA) is 26.3 Å². The summed E-state index contributed by atoms with van der Waals surface area (Å²) in [5, 5.41) is 0. The van der Waals surface area contributed by atoms with Crippen LogP contribution in [-0.4, -0.2) is 5.97 Å². The van der Waals surface area contributed by atoms with Gasteiger partial charge in [0, 0.05) is 0 Å². The first kappa shape index (κ1) is 23.5. The molecule has 0 aromatic carbocycles. The van der Waals surface area contributed by atoms with Crippen LogP contribution in [0.4, 0.5) is 0 Å². The van der Waals surface area contributed by atoms with Gasteiger partial charge in [0.25, 0.3) is 0 Å². The molecule has 143 valence electrons. The van der Waals surface area contributed by atoms with Gasteiger partial charge in [-0.25, -0.2) is 0 Å². The number of carbonyl (C=O) groups excluding carboxylic acids is 1. The monoisotopic (exact) mass is 339 g/mol. The van der Waals surface area contributed by atoms with Gasteiger partial charge in [0.2, 0.25) is 0 Å². The molecule has 0 aromatic rings. The van der Waals surface area contributed by atoms with E-state index in [1.165, 1.54) is 83.5 Å². The van der Waals surface area contributed by atoms with Crippen molar-refractivity contribution in [1.82, 2.24) is 0 Å². The molecular formula is C22H43O2. The fraction of sp³-hybridized carbons (Fsp3) is 0.909. The molecule has 0 N–H and O–H groups in total. The lowest BCUT2D eigenvalue weighted by Crippen LogP contribution is -2.21. The minimum atomic E-state index is -0.397. The van der Waals surface area contributed by atoms with Crippen molar-refractivity contribution in [2.24, 2.45) is 5.41 Å². The maximum absolute atomic E-state index is 11.6. The molecule has 0 atom stereocenters. The van der Waals surface area contributed by atoms with Crippen LogP contribution in [-0.2, 0) is 9.53 Å². The molecule has 24 heavy (non-hydrogen) atoms. The van der Waals surface area contributed by atoms with Crippen LogP contribution >= 0.6 is 0 Å². The summed E-state index contributed by atoms with van der Waals surface area (Å²) in [5.41, 5.74) is -0.397. The molecule has 2 heteroatoms. The number of unbranched alkanes of at least 4 members (excludes halogenated alkanes) is 14. The Hall–Kier alpha value is -0.530. The maximum Gasteiger partial charge on any atom is 0.311 e. The summed E-state index contributed by atoms with van der Waals surface area (Å²) in [6.07, 6.45) is 20.1. The van der Waals surface area contributed by atoms with Crippen molar-refractivity contribution in [2.45, 2.75) is 124 Å². The standard InChI is InChI=1S/C22H43O2/c1-5-6-7-8-9-10-11-12-13-14-15-16-17-18-19-20-24-21(23)22(2,3)4/h20H,5-19H2,1-4H3. The summed E-state index contributed by atoms with van der Waals surface area (Å²) in [5.74, 6) is -0.132. The first-order valence-electron chi connectivity index (χ1n) is 10.5. The number of hydrogen-bond acceptors (Lipinski definition) is 2. The Morgan fingerprint density at radius 2 is 1.08 bits per heavy atom. The Labute approximate surface area is 152 Å². The van der Waals surface area contributed by atoms with Crippen LogP contribution in [0, 0.1) is 12.0 Å². The molecule has 0 aliphatic heterocycles. The van der Waals surface area contributed by atoms with E-state index in [-0.39, 0.29) is 5.97 Å². The molecule has 0 fully saturated rings. The summed E-state index contributed by atoms with van der Waals surface area (Å²) in [4.78, 5) is 11.6. The van der Waals surface area contributed by atoms with E-state index in [9.17, 15) is 4.79 Å². The van der Waals surface area contributed by atoms with E-state index >= 15 is 0 Å². The minimum absolute atomic E-state index is 0.132. The van der Waals surface area contributed by atoms with Gasteiger partial charge in [-0.15, -0.1) is 0 Å². The lowest BCUT2D eigenvalue weighted by molar-refractivity contribution is -0.149. The van der Waals surface area contributed by atoms with Crippen LogP contribution in [0.5, 0.6) is 0 Å². The number of esters is 1. The minimum Gasteiger partial charge on any atom is -0.458 e. The van der Waals surface area contributed by atoms with Gasteiger partial charge >= 0.3 is 5.97 Å². The zero-order valence-corrected chi connectivity index (χ0v) is 17.0. The van der Waals surface area contributed by atoms with Gasteiger partial charge in [-0.3, -0.25) is 4.79 Å². The van der Waals surface area contributed by atoms with Crippen molar-refractivity contribution in [3.05, 3.63) is 6.61 Å². The molecule has 0 spiro atoms. The largest absolute Gasteiger partial charge is 0.458 e. The molecule has 0 amide bonds. The van der Waals surface area contributed by atoms with Gasteiger partial charge in [-0.2, -0.15) is 0 Å². The zero-order valence-electron chi connectivity index (χ0n) is 17.0. The average Bonchev–Trinajstić information content (AvgIpc) is 2.53. The fourth-order valence-electron chi connectivity index (χ4n) is 2.73. The highest BCUT2D eigenvalue weighted by molar-refractivity contribution is 5.75. The number of rotatable bonds is 16. The first-order valence-corrected chi connectivity index (χ1v) is 10.5. The Morgan fingerprint density at radius 1 is 0.708 bits per heavy atom. The number of carbonyl (C=O) groups is 1. The Kier molecular flexibility index (Phi) is 15.6. The molecule has 0 rings (SSSR count). The smallest absolute Gasteiger partial charge is 0.311 e. The normalized spacial score (nSPS) is 11.7. The second-order valence-corrected chi connectivity index (χ2v) is 8.21. The Morgan fingerprint density at radius 3 is 1.46 bits per heavy atom. The van der Waals surface area contributed by atoms with Crippen molar-refractivity contribution in [2.75, 3.05) is 0 Å². The van der Waals surface area contributed by atoms with Crippen LogP contribution in [0.2, 0.25) is 0 Å². The molecule has 0 aliphatic rings. The highest BCUT2D eigenvalue weighted by Crippen LogP contribution is 2.17. The lowest BCUT2D eigenvalue weighted by atomic mass is 9.97. The van der Waals surface area contributed by atoms with Crippen LogP contribution in [0.15, 0.2) is 0 Å². The first-order chi connectivity index (χ1) is 11.5. The molecule has 0 aromatic heterocycles. The number of hydrogen-bond donors (Lipinski definition) is 0. The molecule has 2 nitrogen and oxygen atoms in total. The summed E-state index contributed by atoms with van der Waals surface area (Å²) < 4.78 is 5.16. The van der Waals surface area contributed by atoms with Gasteiger partial charge < -0.3 is 4.74 Å². The zero-order chi connectivity index (χ0) is 18.1. The predicted molar refractivity (Wildman–Crippen MR) is 105 cm³/mol. The highest BCUT2D eigenvalue weighted by Gasteiger charge is 2.22. The van der Waals surface area contributed by atoms with E-state index in [4.69, 9.17) is 4.74 Å². The van der Waals surface area contributed by atoms with E-state index < -0.39 is 5.41 Å². The van der Waals surface area contributed by atoms with E-state index in [0.717, 1.165) is 12.8 Å². The van der Waals surface area contributed by atoms with Crippen LogP contribution in [0.3, 0.4) is 0 Å². The molecule has 0 bridgehead atoms. The van der Waals surface area contributed by atoms with E-state index in [1.54, 1.807) is 6.61 Å².